The molecule has 2 heterocycles. The van der Waals surface area contributed by atoms with Gasteiger partial charge >= 0.3 is 0 Å². The fourth-order valence-corrected chi connectivity index (χ4v) is 3.15. The van der Waals surface area contributed by atoms with Gasteiger partial charge in [-0.05, 0) is 31.0 Å². The van der Waals surface area contributed by atoms with E-state index < -0.39 is 0 Å². The van der Waals surface area contributed by atoms with Crippen LogP contribution in [0.3, 0.4) is 0 Å². The Hall–Kier alpha value is -1.53. The van der Waals surface area contributed by atoms with Gasteiger partial charge in [0, 0.05) is 29.7 Å². The average molecular weight is 292 g/mol. The van der Waals surface area contributed by atoms with Gasteiger partial charge in [-0.3, -0.25) is 9.59 Å². The Labute approximate surface area is 121 Å². The molecule has 0 aliphatic carbocycles. The molecule has 3 rings (SSSR count). The fourth-order valence-electron chi connectivity index (χ4n) is 2.36. The summed E-state index contributed by atoms with van der Waals surface area (Å²) in [6, 6.07) is 5.62. The second-order valence-corrected chi connectivity index (χ2v) is 5.94. The molecule has 0 radical (unpaired) electrons. The number of carbonyl (C=O) groups is 2. The lowest BCUT2D eigenvalue weighted by Crippen LogP contribution is -2.28. The van der Waals surface area contributed by atoms with Gasteiger partial charge < -0.3 is 15.4 Å². The van der Waals surface area contributed by atoms with Crippen LogP contribution in [0.15, 0.2) is 23.1 Å². The average Bonchev–Trinajstić information content (AvgIpc) is 2.47. The molecule has 20 heavy (non-hydrogen) atoms. The Bertz CT molecular complexity index is 541. The Morgan fingerprint density at radius 2 is 2.15 bits per heavy atom. The van der Waals surface area contributed by atoms with Crippen LogP contribution >= 0.6 is 11.8 Å². The normalized spacial score (nSPS) is 19.1. The van der Waals surface area contributed by atoms with Gasteiger partial charge in [0.05, 0.1) is 11.4 Å². The molecule has 2 aliphatic rings. The zero-order valence-corrected chi connectivity index (χ0v) is 11.8. The smallest absolute Gasteiger partial charge is 0.234 e. The number of rotatable bonds is 2. The van der Waals surface area contributed by atoms with E-state index in [1.807, 2.05) is 18.2 Å². The van der Waals surface area contributed by atoms with Gasteiger partial charge in [0.15, 0.2) is 0 Å². The summed E-state index contributed by atoms with van der Waals surface area (Å²) in [7, 11) is 0. The molecule has 6 heteroatoms. The maximum atomic E-state index is 12.1. The van der Waals surface area contributed by atoms with Crippen molar-refractivity contribution in [1.29, 1.82) is 0 Å². The molecule has 2 aliphatic heterocycles. The topological polar surface area (TPSA) is 67.4 Å². The second-order valence-electron chi connectivity index (χ2n) is 4.92. The highest BCUT2D eigenvalue weighted by Crippen LogP contribution is 2.33. The Morgan fingerprint density at radius 1 is 1.35 bits per heavy atom. The Kier molecular flexibility index (Phi) is 3.93. The zero-order valence-electron chi connectivity index (χ0n) is 11.0. The molecular formula is C14H16N2O3S. The van der Waals surface area contributed by atoms with E-state index in [9.17, 15) is 9.59 Å². The highest BCUT2D eigenvalue weighted by Gasteiger charge is 2.22. The van der Waals surface area contributed by atoms with E-state index in [0.29, 0.717) is 19.0 Å². The van der Waals surface area contributed by atoms with Crippen LogP contribution < -0.4 is 10.6 Å². The number of hydrogen-bond acceptors (Lipinski definition) is 4. The summed E-state index contributed by atoms with van der Waals surface area (Å²) in [6.45, 7) is 1.30. The molecule has 1 fully saturated rings. The van der Waals surface area contributed by atoms with E-state index in [1.54, 1.807) is 0 Å². The lowest BCUT2D eigenvalue weighted by atomic mass is 9.99. The molecular weight excluding hydrogens is 276 g/mol. The molecule has 1 saturated heterocycles. The lowest BCUT2D eigenvalue weighted by Gasteiger charge is -2.22. The molecule has 5 nitrogen and oxygen atoms in total. The molecule has 0 bridgehead atoms. The summed E-state index contributed by atoms with van der Waals surface area (Å²) in [6.07, 6.45) is 1.53. The first-order chi connectivity index (χ1) is 9.72. The van der Waals surface area contributed by atoms with E-state index >= 15 is 0 Å². The monoisotopic (exact) mass is 292 g/mol. The molecule has 0 saturated carbocycles. The first kappa shape index (κ1) is 13.5. The highest BCUT2D eigenvalue weighted by atomic mass is 32.2. The van der Waals surface area contributed by atoms with Gasteiger partial charge in [0.2, 0.25) is 11.8 Å². The third-order valence-corrected chi connectivity index (χ3v) is 4.55. The maximum absolute atomic E-state index is 12.1. The van der Waals surface area contributed by atoms with Crippen molar-refractivity contribution in [3.63, 3.8) is 0 Å². The molecule has 0 unspecified atom stereocenters. The third kappa shape index (κ3) is 2.96. The van der Waals surface area contributed by atoms with Crippen molar-refractivity contribution in [2.45, 2.75) is 17.7 Å². The first-order valence-corrected chi connectivity index (χ1v) is 7.66. The molecule has 1 aromatic carbocycles. The van der Waals surface area contributed by atoms with Crippen LogP contribution in [-0.2, 0) is 14.3 Å². The minimum Gasteiger partial charge on any atom is -0.381 e. The van der Waals surface area contributed by atoms with E-state index in [0.717, 1.165) is 29.1 Å². The van der Waals surface area contributed by atoms with E-state index in [1.165, 1.54) is 11.8 Å². The Balaban J connectivity index is 1.69. The van der Waals surface area contributed by atoms with Crippen LogP contribution in [0, 0.1) is 5.92 Å². The number of amides is 2. The standard InChI is InChI=1S/C14H16N2O3S/c17-13-8-20-12-2-1-10(7-11(12)16-13)15-14(18)9-3-5-19-6-4-9/h1-2,7,9H,3-6,8H2,(H,15,18)(H,16,17). The van der Waals surface area contributed by atoms with Crippen molar-refractivity contribution in [2.75, 3.05) is 29.6 Å². The summed E-state index contributed by atoms with van der Waals surface area (Å²) in [5.74, 6) is 0.489. The van der Waals surface area contributed by atoms with E-state index in [-0.39, 0.29) is 17.7 Å². The number of fused-ring (bicyclic) bond motifs is 1. The van der Waals surface area contributed by atoms with Crippen molar-refractivity contribution in [2.24, 2.45) is 5.92 Å². The van der Waals surface area contributed by atoms with Gasteiger partial charge in [-0.15, -0.1) is 11.8 Å². The number of anilines is 2. The molecule has 2 amide bonds. The van der Waals surface area contributed by atoms with Gasteiger partial charge in [-0.2, -0.15) is 0 Å². The van der Waals surface area contributed by atoms with Gasteiger partial charge in [-0.25, -0.2) is 0 Å². The van der Waals surface area contributed by atoms with E-state index in [2.05, 4.69) is 10.6 Å². The fraction of sp³-hybridized carbons (Fsp3) is 0.429. The third-order valence-electron chi connectivity index (χ3n) is 3.47. The quantitative estimate of drug-likeness (QED) is 0.876. The molecule has 0 spiro atoms. The maximum Gasteiger partial charge on any atom is 0.234 e. The van der Waals surface area contributed by atoms with Crippen molar-refractivity contribution in [1.82, 2.24) is 0 Å². The van der Waals surface area contributed by atoms with Gasteiger partial charge in [0.1, 0.15) is 0 Å². The molecule has 2 N–H and O–H groups in total. The number of hydrogen-bond donors (Lipinski definition) is 2. The van der Waals surface area contributed by atoms with E-state index in [4.69, 9.17) is 4.74 Å². The summed E-state index contributed by atoms with van der Waals surface area (Å²) in [4.78, 5) is 24.5. The number of thioether (sulfide) groups is 1. The largest absolute Gasteiger partial charge is 0.381 e. The van der Waals surface area contributed by atoms with Crippen molar-refractivity contribution in [3.8, 4) is 0 Å². The van der Waals surface area contributed by atoms with Crippen LogP contribution in [-0.4, -0.2) is 30.8 Å². The first-order valence-electron chi connectivity index (χ1n) is 6.68. The summed E-state index contributed by atoms with van der Waals surface area (Å²) >= 11 is 1.51. The molecule has 0 atom stereocenters. The Morgan fingerprint density at radius 3 is 2.95 bits per heavy atom. The predicted octanol–water partition coefficient (Wildman–Crippen LogP) is 2.10. The predicted molar refractivity (Wildman–Crippen MR) is 78.0 cm³/mol. The van der Waals surface area contributed by atoms with Crippen LogP contribution in [0.2, 0.25) is 0 Å². The van der Waals surface area contributed by atoms with Gasteiger partial charge in [-0.1, -0.05) is 0 Å². The molecule has 106 valence electrons. The van der Waals surface area contributed by atoms with Crippen molar-refractivity contribution >= 4 is 35.0 Å². The minimum absolute atomic E-state index is 0.00425. The van der Waals surface area contributed by atoms with Crippen molar-refractivity contribution < 1.29 is 14.3 Å². The SMILES string of the molecule is O=C1CSc2ccc(NC(=O)C3CCOCC3)cc2N1. The number of benzene rings is 1. The summed E-state index contributed by atoms with van der Waals surface area (Å²) in [5.41, 5.74) is 1.50. The number of nitrogens with one attached hydrogen (secondary N) is 2. The zero-order chi connectivity index (χ0) is 13.9. The second kappa shape index (κ2) is 5.85. The lowest BCUT2D eigenvalue weighted by molar-refractivity contribution is -0.122. The summed E-state index contributed by atoms with van der Waals surface area (Å²) in [5, 5.41) is 5.74. The molecule has 0 aromatic heterocycles. The van der Waals surface area contributed by atoms with Crippen molar-refractivity contribution in [3.05, 3.63) is 18.2 Å². The highest BCUT2D eigenvalue weighted by molar-refractivity contribution is 8.00. The van der Waals surface area contributed by atoms with Gasteiger partial charge in [0.25, 0.3) is 0 Å². The van der Waals surface area contributed by atoms with Crippen LogP contribution in [0.4, 0.5) is 11.4 Å². The molecule has 1 aromatic rings. The number of ether oxygens (including phenoxy) is 1. The minimum atomic E-state index is -0.00425. The van der Waals surface area contributed by atoms with Crippen LogP contribution in [0.5, 0.6) is 0 Å². The number of carbonyl (C=O) groups excluding carboxylic acids is 2. The van der Waals surface area contributed by atoms with Crippen LogP contribution in [0.1, 0.15) is 12.8 Å². The van der Waals surface area contributed by atoms with Crippen LogP contribution in [0.25, 0.3) is 0 Å². The summed E-state index contributed by atoms with van der Waals surface area (Å²) < 4.78 is 5.26.